The fourth-order valence-corrected chi connectivity index (χ4v) is 2.91. The largest absolute Gasteiger partial charge is 0.497 e. The van der Waals surface area contributed by atoms with E-state index in [1.165, 1.54) is 11.1 Å². The summed E-state index contributed by atoms with van der Waals surface area (Å²) in [5.74, 6) is 1.48. The molecule has 1 N–H and O–H groups in total. The van der Waals surface area contributed by atoms with Crippen molar-refractivity contribution >= 4 is 0 Å². The van der Waals surface area contributed by atoms with Crippen molar-refractivity contribution in [3.8, 4) is 11.5 Å². The fraction of sp³-hybridized carbons (Fsp3) is 0.333. The standard InChI is InChI=1S/C18H20O3/c1-3-12-6-4-5-7-14(12)18-11-16(19)15-10-13(20-2)8-9-17(15)21-18/h4-10,16,18-19H,3,11H2,1-2H3/t16-,18?/m0/s1. The molecule has 0 bridgehead atoms. The molecule has 0 aliphatic carbocycles. The van der Waals surface area contributed by atoms with Crippen LogP contribution in [-0.4, -0.2) is 12.2 Å². The van der Waals surface area contributed by atoms with Crippen LogP contribution >= 0.6 is 0 Å². The Morgan fingerprint density at radius 1 is 1.19 bits per heavy atom. The van der Waals surface area contributed by atoms with E-state index in [9.17, 15) is 5.11 Å². The monoisotopic (exact) mass is 284 g/mol. The minimum Gasteiger partial charge on any atom is -0.497 e. The van der Waals surface area contributed by atoms with Gasteiger partial charge in [0, 0.05) is 12.0 Å². The molecule has 3 nitrogen and oxygen atoms in total. The maximum atomic E-state index is 10.4. The average molecular weight is 284 g/mol. The summed E-state index contributed by atoms with van der Waals surface area (Å²) in [6.07, 6.45) is 0.898. The van der Waals surface area contributed by atoms with Gasteiger partial charge in [-0.15, -0.1) is 0 Å². The Balaban J connectivity index is 1.95. The van der Waals surface area contributed by atoms with Crippen molar-refractivity contribution in [2.75, 3.05) is 7.11 Å². The Hall–Kier alpha value is -2.00. The van der Waals surface area contributed by atoms with Crippen molar-refractivity contribution in [1.82, 2.24) is 0 Å². The van der Waals surface area contributed by atoms with Gasteiger partial charge in [-0.2, -0.15) is 0 Å². The number of rotatable bonds is 3. The van der Waals surface area contributed by atoms with E-state index in [0.717, 1.165) is 23.5 Å². The molecule has 0 fully saturated rings. The summed E-state index contributed by atoms with van der Waals surface area (Å²) >= 11 is 0. The Bertz CT molecular complexity index is 636. The quantitative estimate of drug-likeness (QED) is 0.931. The van der Waals surface area contributed by atoms with Crippen LogP contribution in [-0.2, 0) is 6.42 Å². The van der Waals surface area contributed by atoms with Crippen LogP contribution < -0.4 is 9.47 Å². The maximum absolute atomic E-state index is 10.4. The molecule has 0 saturated carbocycles. The Morgan fingerprint density at radius 2 is 2.00 bits per heavy atom. The van der Waals surface area contributed by atoms with Crippen LogP contribution in [0.2, 0.25) is 0 Å². The summed E-state index contributed by atoms with van der Waals surface area (Å²) in [5, 5.41) is 10.4. The van der Waals surface area contributed by atoms with E-state index in [1.54, 1.807) is 7.11 Å². The molecule has 0 spiro atoms. The lowest BCUT2D eigenvalue weighted by molar-refractivity contribution is 0.0650. The Morgan fingerprint density at radius 3 is 2.76 bits per heavy atom. The summed E-state index contributed by atoms with van der Waals surface area (Å²) in [5.41, 5.74) is 3.24. The van der Waals surface area contributed by atoms with Gasteiger partial charge in [-0.1, -0.05) is 31.2 Å². The van der Waals surface area contributed by atoms with Gasteiger partial charge < -0.3 is 14.6 Å². The molecule has 0 amide bonds. The second-order valence-corrected chi connectivity index (χ2v) is 5.31. The highest BCUT2D eigenvalue weighted by molar-refractivity contribution is 5.44. The lowest BCUT2D eigenvalue weighted by Gasteiger charge is -2.31. The number of methoxy groups -OCH3 is 1. The molecule has 0 radical (unpaired) electrons. The molecule has 3 rings (SSSR count). The van der Waals surface area contributed by atoms with Crippen molar-refractivity contribution in [2.45, 2.75) is 32.0 Å². The van der Waals surface area contributed by atoms with Crippen LogP contribution in [0.15, 0.2) is 42.5 Å². The first-order valence-electron chi connectivity index (χ1n) is 7.33. The van der Waals surface area contributed by atoms with Crippen molar-refractivity contribution in [3.05, 3.63) is 59.2 Å². The first kappa shape index (κ1) is 14.0. The summed E-state index contributed by atoms with van der Waals surface area (Å²) in [7, 11) is 1.62. The number of hydrogen-bond acceptors (Lipinski definition) is 3. The molecule has 21 heavy (non-hydrogen) atoms. The van der Waals surface area contributed by atoms with Crippen molar-refractivity contribution in [2.24, 2.45) is 0 Å². The highest BCUT2D eigenvalue weighted by Gasteiger charge is 2.29. The Labute approximate surface area is 125 Å². The molecule has 0 saturated heterocycles. The average Bonchev–Trinajstić information content (AvgIpc) is 2.54. The normalized spacial score (nSPS) is 20.5. The topological polar surface area (TPSA) is 38.7 Å². The second kappa shape index (κ2) is 5.78. The van der Waals surface area contributed by atoms with Gasteiger partial charge in [0.2, 0.25) is 0 Å². The predicted octanol–water partition coefficient (Wildman–Crippen LogP) is 3.81. The summed E-state index contributed by atoms with van der Waals surface area (Å²) in [6, 6.07) is 13.9. The zero-order valence-corrected chi connectivity index (χ0v) is 12.4. The van der Waals surface area contributed by atoms with Gasteiger partial charge in [0.15, 0.2) is 0 Å². The van der Waals surface area contributed by atoms with Crippen LogP contribution in [0, 0.1) is 0 Å². The lowest BCUT2D eigenvalue weighted by Crippen LogP contribution is -2.20. The van der Waals surface area contributed by atoms with E-state index in [2.05, 4.69) is 19.1 Å². The van der Waals surface area contributed by atoms with Crippen LogP contribution in [0.3, 0.4) is 0 Å². The van der Waals surface area contributed by atoms with E-state index in [0.29, 0.717) is 6.42 Å². The Kier molecular flexibility index (Phi) is 3.84. The molecule has 0 aromatic heterocycles. The number of fused-ring (bicyclic) bond motifs is 1. The first-order chi connectivity index (χ1) is 10.2. The molecular formula is C18H20O3. The number of ether oxygens (including phenoxy) is 2. The van der Waals surface area contributed by atoms with Gasteiger partial charge in [-0.05, 0) is 35.7 Å². The molecule has 2 atom stereocenters. The van der Waals surface area contributed by atoms with Crippen molar-refractivity contribution in [1.29, 1.82) is 0 Å². The minimum atomic E-state index is -0.529. The van der Waals surface area contributed by atoms with Crippen LogP contribution in [0.1, 0.15) is 42.2 Å². The number of hydrogen-bond donors (Lipinski definition) is 1. The lowest BCUT2D eigenvalue weighted by atomic mass is 9.91. The first-order valence-corrected chi connectivity index (χ1v) is 7.33. The summed E-state index contributed by atoms with van der Waals surface area (Å²) < 4.78 is 11.3. The van der Waals surface area contributed by atoms with Gasteiger partial charge in [0.05, 0.1) is 13.2 Å². The van der Waals surface area contributed by atoms with Crippen LogP contribution in [0.25, 0.3) is 0 Å². The smallest absolute Gasteiger partial charge is 0.127 e. The van der Waals surface area contributed by atoms with E-state index in [-0.39, 0.29) is 6.10 Å². The molecule has 1 aliphatic rings. The SMILES string of the molecule is CCc1ccccc1C1C[C@H](O)c2cc(OC)ccc2O1. The molecule has 2 aromatic carbocycles. The molecular weight excluding hydrogens is 264 g/mol. The van der Waals surface area contributed by atoms with Crippen LogP contribution in [0.4, 0.5) is 0 Å². The maximum Gasteiger partial charge on any atom is 0.127 e. The molecule has 3 heteroatoms. The van der Waals surface area contributed by atoms with Gasteiger partial charge in [-0.3, -0.25) is 0 Å². The summed E-state index contributed by atoms with van der Waals surface area (Å²) in [6.45, 7) is 2.14. The van der Waals surface area contributed by atoms with Gasteiger partial charge in [-0.25, -0.2) is 0 Å². The van der Waals surface area contributed by atoms with Gasteiger partial charge >= 0.3 is 0 Å². The number of benzene rings is 2. The molecule has 1 unspecified atom stereocenters. The third-order valence-electron chi connectivity index (χ3n) is 4.07. The minimum absolute atomic E-state index is 0.1000. The fourth-order valence-electron chi connectivity index (χ4n) is 2.91. The van der Waals surface area contributed by atoms with Crippen molar-refractivity contribution in [3.63, 3.8) is 0 Å². The molecule has 2 aromatic rings. The van der Waals surface area contributed by atoms with E-state index >= 15 is 0 Å². The predicted molar refractivity (Wildman–Crippen MR) is 81.8 cm³/mol. The van der Waals surface area contributed by atoms with Gasteiger partial charge in [0.25, 0.3) is 0 Å². The molecule has 1 heterocycles. The molecule has 110 valence electrons. The zero-order valence-electron chi connectivity index (χ0n) is 12.4. The second-order valence-electron chi connectivity index (χ2n) is 5.31. The molecule has 1 aliphatic heterocycles. The van der Waals surface area contributed by atoms with Gasteiger partial charge in [0.1, 0.15) is 17.6 Å². The number of aryl methyl sites for hydroxylation is 1. The highest BCUT2D eigenvalue weighted by atomic mass is 16.5. The van der Waals surface area contributed by atoms with E-state index in [1.807, 2.05) is 30.3 Å². The van der Waals surface area contributed by atoms with E-state index in [4.69, 9.17) is 9.47 Å². The third-order valence-corrected chi connectivity index (χ3v) is 4.07. The number of aliphatic hydroxyl groups excluding tert-OH is 1. The van der Waals surface area contributed by atoms with E-state index < -0.39 is 6.10 Å². The van der Waals surface area contributed by atoms with Crippen molar-refractivity contribution < 1.29 is 14.6 Å². The third kappa shape index (κ3) is 2.61. The highest BCUT2D eigenvalue weighted by Crippen LogP contribution is 2.42. The number of aliphatic hydroxyl groups is 1. The van der Waals surface area contributed by atoms with Crippen LogP contribution in [0.5, 0.6) is 11.5 Å². The zero-order chi connectivity index (χ0) is 14.8. The summed E-state index contributed by atoms with van der Waals surface area (Å²) in [4.78, 5) is 0.